The van der Waals surface area contributed by atoms with Crippen LogP contribution in [0.5, 0.6) is 0 Å². The zero-order valence-corrected chi connectivity index (χ0v) is 15.2. The highest BCUT2D eigenvalue weighted by atomic mass is 16.2. The standard InChI is InChI=1S/C21H29N3O/c1-3-24(4-2)19(15-17-11-7-5-8-12-17)16-23-21(25)20(22)18-13-9-6-10-14-18/h5-14,19-20H,3-4,15-16,22H2,1-2H3,(H,23,25). The van der Waals surface area contributed by atoms with Gasteiger partial charge in [-0.05, 0) is 30.6 Å². The molecule has 0 aromatic heterocycles. The summed E-state index contributed by atoms with van der Waals surface area (Å²) in [5.41, 5.74) is 8.21. The number of carbonyl (C=O) groups is 1. The minimum absolute atomic E-state index is 0.128. The molecule has 0 heterocycles. The third kappa shape index (κ3) is 5.69. The Labute approximate surface area is 151 Å². The summed E-state index contributed by atoms with van der Waals surface area (Å²) in [7, 11) is 0. The van der Waals surface area contributed by atoms with Crippen molar-refractivity contribution in [2.75, 3.05) is 19.6 Å². The number of carbonyl (C=O) groups excluding carboxylic acids is 1. The van der Waals surface area contributed by atoms with Crippen LogP contribution in [0.2, 0.25) is 0 Å². The number of nitrogens with one attached hydrogen (secondary N) is 1. The molecular formula is C21H29N3O. The van der Waals surface area contributed by atoms with Gasteiger partial charge in [0.2, 0.25) is 5.91 Å². The summed E-state index contributed by atoms with van der Waals surface area (Å²) in [6.07, 6.45) is 0.906. The summed E-state index contributed by atoms with van der Waals surface area (Å²) < 4.78 is 0. The highest BCUT2D eigenvalue weighted by molar-refractivity contribution is 5.82. The molecule has 0 spiro atoms. The molecule has 0 aliphatic carbocycles. The number of likely N-dealkylation sites (N-methyl/N-ethyl adjacent to an activating group) is 1. The van der Waals surface area contributed by atoms with Crippen LogP contribution in [0.15, 0.2) is 60.7 Å². The van der Waals surface area contributed by atoms with Crippen LogP contribution in [0, 0.1) is 0 Å². The van der Waals surface area contributed by atoms with Crippen LogP contribution >= 0.6 is 0 Å². The summed E-state index contributed by atoms with van der Waals surface area (Å²) in [4.78, 5) is 14.8. The molecule has 0 aliphatic rings. The molecule has 2 aromatic rings. The van der Waals surface area contributed by atoms with Gasteiger partial charge in [0.05, 0.1) is 0 Å². The van der Waals surface area contributed by atoms with Crippen molar-refractivity contribution in [2.24, 2.45) is 5.73 Å². The zero-order valence-electron chi connectivity index (χ0n) is 15.2. The third-order valence-corrected chi connectivity index (χ3v) is 4.60. The fourth-order valence-corrected chi connectivity index (χ4v) is 3.10. The number of hydrogen-bond acceptors (Lipinski definition) is 3. The molecule has 25 heavy (non-hydrogen) atoms. The van der Waals surface area contributed by atoms with Gasteiger partial charge in [-0.2, -0.15) is 0 Å². The molecule has 1 amide bonds. The van der Waals surface area contributed by atoms with Crippen LogP contribution in [0.25, 0.3) is 0 Å². The minimum atomic E-state index is -0.629. The summed E-state index contributed by atoms with van der Waals surface area (Å²) in [5, 5.41) is 3.04. The van der Waals surface area contributed by atoms with E-state index in [1.165, 1.54) is 5.56 Å². The van der Waals surface area contributed by atoms with Crippen molar-refractivity contribution in [3.63, 3.8) is 0 Å². The first-order valence-corrected chi connectivity index (χ1v) is 9.01. The number of benzene rings is 2. The van der Waals surface area contributed by atoms with E-state index in [0.29, 0.717) is 6.54 Å². The molecule has 0 saturated carbocycles. The quantitative estimate of drug-likeness (QED) is 0.738. The molecule has 3 N–H and O–H groups in total. The molecule has 2 rings (SSSR count). The van der Waals surface area contributed by atoms with E-state index in [4.69, 9.17) is 5.73 Å². The highest BCUT2D eigenvalue weighted by Gasteiger charge is 2.20. The molecular weight excluding hydrogens is 310 g/mol. The normalized spacial score (nSPS) is 13.4. The van der Waals surface area contributed by atoms with Crippen LogP contribution in [0.4, 0.5) is 0 Å². The van der Waals surface area contributed by atoms with Gasteiger partial charge >= 0.3 is 0 Å². The van der Waals surface area contributed by atoms with Crippen LogP contribution in [-0.4, -0.2) is 36.5 Å². The molecule has 0 aliphatic heterocycles. The molecule has 4 nitrogen and oxygen atoms in total. The van der Waals surface area contributed by atoms with E-state index in [-0.39, 0.29) is 11.9 Å². The van der Waals surface area contributed by atoms with Gasteiger partial charge in [-0.15, -0.1) is 0 Å². The van der Waals surface area contributed by atoms with Gasteiger partial charge in [-0.25, -0.2) is 0 Å². The molecule has 0 fully saturated rings. The second-order valence-corrected chi connectivity index (χ2v) is 6.20. The fraction of sp³-hybridized carbons (Fsp3) is 0.381. The molecule has 2 aromatic carbocycles. The second kappa shape index (κ2) is 9.97. The Balaban J connectivity index is 2.00. The van der Waals surface area contributed by atoms with Crippen molar-refractivity contribution in [1.29, 1.82) is 0 Å². The number of nitrogens with two attached hydrogens (primary N) is 1. The van der Waals surface area contributed by atoms with Crippen molar-refractivity contribution in [2.45, 2.75) is 32.4 Å². The predicted octanol–water partition coefficient (Wildman–Crippen LogP) is 2.76. The average Bonchev–Trinajstić information content (AvgIpc) is 2.67. The van der Waals surface area contributed by atoms with Gasteiger partial charge in [0.1, 0.15) is 6.04 Å². The van der Waals surface area contributed by atoms with Crippen LogP contribution in [0.1, 0.15) is 31.0 Å². The van der Waals surface area contributed by atoms with E-state index in [1.807, 2.05) is 36.4 Å². The summed E-state index contributed by atoms with van der Waals surface area (Å²) >= 11 is 0. The lowest BCUT2D eigenvalue weighted by Crippen LogP contribution is -2.47. The van der Waals surface area contributed by atoms with E-state index in [9.17, 15) is 4.79 Å². The van der Waals surface area contributed by atoms with E-state index < -0.39 is 6.04 Å². The van der Waals surface area contributed by atoms with Gasteiger partial charge in [0.25, 0.3) is 0 Å². The lowest BCUT2D eigenvalue weighted by atomic mass is 10.0. The van der Waals surface area contributed by atoms with Gasteiger partial charge in [-0.3, -0.25) is 9.69 Å². The molecule has 134 valence electrons. The molecule has 4 heteroatoms. The SMILES string of the molecule is CCN(CC)C(CNC(=O)C(N)c1ccccc1)Cc1ccccc1. The maximum absolute atomic E-state index is 12.4. The Morgan fingerprint density at radius 2 is 1.56 bits per heavy atom. The topological polar surface area (TPSA) is 58.4 Å². The van der Waals surface area contributed by atoms with Crippen molar-refractivity contribution in [3.8, 4) is 0 Å². The minimum Gasteiger partial charge on any atom is -0.353 e. The Hall–Kier alpha value is -2.17. The van der Waals surface area contributed by atoms with Crippen molar-refractivity contribution in [1.82, 2.24) is 10.2 Å². The molecule has 0 bridgehead atoms. The number of hydrogen-bond donors (Lipinski definition) is 2. The van der Waals surface area contributed by atoms with E-state index >= 15 is 0 Å². The Bertz CT molecular complexity index is 626. The molecule has 0 saturated heterocycles. The Morgan fingerprint density at radius 3 is 2.12 bits per heavy atom. The second-order valence-electron chi connectivity index (χ2n) is 6.20. The van der Waals surface area contributed by atoms with Gasteiger partial charge in [0, 0.05) is 12.6 Å². The smallest absolute Gasteiger partial charge is 0.241 e. The maximum atomic E-state index is 12.4. The van der Waals surface area contributed by atoms with Crippen molar-refractivity contribution < 1.29 is 4.79 Å². The van der Waals surface area contributed by atoms with E-state index in [1.54, 1.807) is 0 Å². The average molecular weight is 339 g/mol. The Kier molecular flexibility index (Phi) is 7.64. The van der Waals surface area contributed by atoms with Crippen molar-refractivity contribution >= 4 is 5.91 Å². The summed E-state index contributed by atoms with van der Waals surface area (Å²) in [6.45, 7) is 6.80. The number of nitrogens with zero attached hydrogens (tertiary/aromatic N) is 1. The molecule has 2 atom stereocenters. The van der Waals surface area contributed by atoms with Crippen LogP contribution in [-0.2, 0) is 11.2 Å². The summed E-state index contributed by atoms with van der Waals surface area (Å²) in [6, 6.07) is 19.5. The monoisotopic (exact) mass is 339 g/mol. The number of amides is 1. The lowest BCUT2D eigenvalue weighted by molar-refractivity contribution is -0.122. The van der Waals surface area contributed by atoms with Gasteiger partial charge < -0.3 is 11.1 Å². The predicted molar refractivity (Wildman–Crippen MR) is 103 cm³/mol. The first-order chi connectivity index (χ1) is 12.2. The van der Waals surface area contributed by atoms with E-state index in [0.717, 1.165) is 25.1 Å². The summed E-state index contributed by atoms with van der Waals surface area (Å²) in [5.74, 6) is -0.128. The van der Waals surface area contributed by atoms with Gasteiger partial charge in [-0.1, -0.05) is 74.5 Å². The van der Waals surface area contributed by atoms with E-state index in [2.05, 4.69) is 48.3 Å². The largest absolute Gasteiger partial charge is 0.353 e. The lowest BCUT2D eigenvalue weighted by Gasteiger charge is -2.30. The maximum Gasteiger partial charge on any atom is 0.241 e. The number of rotatable bonds is 9. The molecule has 2 unspecified atom stereocenters. The van der Waals surface area contributed by atoms with Crippen molar-refractivity contribution in [3.05, 3.63) is 71.8 Å². The Morgan fingerprint density at radius 1 is 1.00 bits per heavy atom. The molecule has 0 radical (unpaired) electrons. The first kappa shape index (κ1) is 19.2. The fourth-order valence-electron chi connectivity index (χ4n) is 3.10. The van der Waals surface area contributed by atoms with Crippen LogP contribution in [0.3, 0.4) is 0 Å². The first-order valence-electron chi connectivity index (χ1n) is 9.01. The highest BCUT2D eigenvalue weighted by Crippen LogP contribution is 2.11. The zero-order chi connectivity index (χ0) is 18.1. The van der Waals surface area contributed by atoms with Gasteiger partial charge in [0.15, 0.2) is 0 Å². The third-order valence-electron chi connectivity index (χ3n) is 4.60. The van der Waals surface area contributed by atoms with Crippen LogP contribution < -0.4 is 11.1 Å².